The van der Waals surface area contributed by atoms with Crippen LogP contribution in [0.1, 0.15) is 18.1 Å². The van der Waals surface area contributed by atoms with Crippen molar-refractivity contribution in [1.29, 1.82) is 0 Å². The van der Waals surface area contributed by atoms with Gasteiger partial charge < -0.3 is 5.11 Å². The molecule has 0 saturated heterocycles. The Morgan fingerprint density at radius 2 is 2.21 bits per heavy atom. The largest absolute Gasteiger partial charge is 0.507 e. The van der Waals surface area contributed by atoms with Gasteiger partial charge in [-0.3, -0.25) is 9.79 Å². The Balaban J connectivity index is 2.84. The number of allylic oxidation sites excluding steroid dienone is 2. The monoisotopic (exact) mass is 369 g/mol. The van der Waals surface area contributed by atoms with Gasteiger partial charge in [-0.05, 0) is 54.1 Å². The summed E-state index contributed by atoms with van der Waals surface area (Å²) in [5, 5.41) is 9.88. The molecule has 100 valence electrons. The molecule has 0 spiro atoms. The Hall–Kier alpha value is -1.43. The predicted molar refractivity (Wildman–Crippen MR) is 87.0 cm³/mol. The van der Waals surface area contributed by atoms with E-state index >= 15 is 0 Å². The van der Waals surface area contributed by atoms with Crippen LogP contribution in [0.4, 0.5) is 0 Å². The van der Waals surface area contributed by atoms with Gasteiger partial charge in [-0.25, -0.2) is 0 Å². The number of halogens is 1. The van der Waals surface area contributed by atoms with Crippen molar-refractivity contribution in [3.05, 3.63) is 51.1 Å². The summed E-state index contributed by atoms with van der Waals surface area (Å²) in [6, 6.07) is 3.70. The molecule has 1 aromatic rings. The minimum atomic E-state index is -0.0874. The number of aliphatic imine (C=N–C) groups is 1. The van der Waals surface area contributed by atoms with Gasteiger partial charge >= 0.3 is 0 Å². The second-order valence-electron chi connectivity index (χ2n) is 4.00. The normalized spacial score (nSPS) is 11.8. The van der Waals surface area contributed by atoms with Crippen LogP contribution in [0.3, 0.4) is 0 Å². The molecule has 0 heterocycles. The lowest BCUT2D eigenvalue weighted by Gasteiger charge is -2.04. The Morgan fingerprint density at radius 1 is 1.53 bits per heavy atom. The summed E-state index contributed by atoms with van der Waals surface area (Å²) in [5.74, 6) is 0.113. The lowest BCUT2D eigenvalue weighted by Crippen LogP contribution is -2.04. The van der Waals surface area contributed by atoms with Crippen molar-refractivity contribution in [2.45, 2.75) is 13.8 Å². The first-order valence-corrected chi connectivity index (χ1v) is 6.88. The van der Waals surface area contributed by atoms with Gasteiger partial charge in [0.05, 0.1) is 0 Å². The van der Waals surface area contributed by atoms with E-state index in [2.05, 4.69) is 34.2 Å². The molecule has 0 saturated carbocycles. The van der Waals surface area contributed by atoms with Crippen LogP contribution in [0, 0.1) is 10.5 Å². The molecule has 0 unspecified atom stereocenters. The van der Waals surface area contributed by atoms with Gasteiger partial charge in [-0.2, -0.15) is 0 Å². The second-order valence-corrected chi connectivity index (χ2v) is 5.25. The standard InChI is InChI=1S/C15H16INO2/c1-4-11(5-2)14(18)9-17-8-12-7-13(16)6-10(3)15(12)19/h4-8,19H,1,9H2,2-3H3/b11-5+,17-8?. The lowest BCUT2D eigenvalue weighted by molar-refractivity contribution is -0.113. The number of carbonyl (C=O) groups excluding carboxylic acids is 1. The van der Waals surface area contributed by atoms with Crippen LogP contribution in [0.15, 0.2) is 41.4 Å². The Labute approximate surface area is 126 Å². The van der Waals surface area contributed by atoms with Crippen molar-refractivity contribution >= 4 is 34.6 Å². The Kier molecular flexibility index (Phi) is 5.95. The van der Waals surface area contributed by atoms with Crippen LogP contribution < -0.4 is 0 Å². The summed E-state index contributed by atoms with van der Waals surface area (Å²) in [6.07, 6.45) is 4.75. The van der Waals surface area contributed by atoms with E-state index in [1.165, 1.54) is 12.3 Å². The fraction of sp³-hybridized carbons (Fsp3) is 0.200. The van der Waals surface area contributed by atoms with Gasteiger partial charge in [0.2, 0.25) is 0 Å². The fourth-order valence-electron chi connectivity index (χ4n) is 1.57. The number of nitrogens with zero attached hydrogens (tertiary/aromatic N) is 1. The first-order chi connectivity index (χ1) is 8.99. The van der Waals surface area contributed by atoms with E-state index in [-0.39, 0.29) is 18.1 Å². The van der Waals surface area contributed by atoms with E-state index in [9.17, 15) is 9.90 Å². The van der Waals surface area contributed by atoms with Crippen LogP contribution >= 0.6 is 22.6 Å². The van der Waals surface area contributed by atoms with Crippen molar-refractivity contribution in [3.8, 4) is 5.75 Å². The smallest absolute Gasteiger partial charge is 0.183 e. The van der Waals surface area contributed by atoms with E-state index in [1.54, 1.807) is 13.0 Å². The van der Waals surface area contributed by atoms with Crippen LogP contribution in [-0.2, 0) is 4.79 Å². The van der Waals surface area contributed by atoms with Crippen molar-refractivity contribution < 1.29 is 9.90 Å². The van der Waals surface area contributed by atoms with E-state index in [4.69, 9.17) is 0 Å². The molecule has 0 aliphatic rings. The average Bonchev–Trinajstić information content (AvgIpc) is 2.36. The maximum Gasteiger partial charge on any atom is 0.183 e. The van der Waals surface area contributed by atoms with Crippen LogP contribution in [0.5, 0.6) is 5.75 Å². The van der Waals surface area contributed by atoms with Crippen LogP contribution in [-0.4, -0.2) is 23.6 Å². The number of benzene rings is 1. The number of hydrogen-bond acceptors (Lipinski definition) is 3. The number of phenolic OH excluding ortho intramolecular Hbond substituents is 1. The minimum absolute atomic E-state index is 0.0512. The quantitative estimate of drug-likeness (QED) is 0.374. The summed E-state index contributed by atoms with van der Waals surface area (Å²) >= 11 is 2.17. The van der Waals surface area contributed by atoms with Crippen molar-refractivity contribution in [2.24, 2.45) is 4.99 Å². The summed E-state index contributed by atoms with van der Waals surface area (Å²) in [7, 11) is 0. The summed E-state index contributed by atoms with van der Waals surface area (Å²) in [6.45, 7) is 7.24. The summed E-state index contributed by atoms with van der Waals surface area (Å²) in [4.78, 5) is 15.8. The molecular weight excluding hydrogens is 353 g/mol. The van der Waals surface area contributed by atoms with Crippen LogP contribution in [0.2, 0.25) is 0 Å². The zero-order valence-corrected chi connectivity index (χ0v) is 13.1. The number of hydrogen-bond donors (Lipinski definition) is 1. The van der Waals surface area contributed by atoms with Gasteiger partial charge in [0.1, 0.15) is 12.3 Å². The number of Topliss-reactive ketones (excluding diaryl/α,β-unsaturated/α-hetero) is 1. The SMILES string of the molecule is C=C/C(=C\C)C(=O)CN=Cc1cc(I)cc(C)c1O. The maximum absolute atomic E-state index is 11.7. The number of carbonyl (C=O) groups is 1. The molecule has 0 aromatic heterocycles. The lowest BCUT2D eigenvalue weighted by atomic mass is 10.1. The Morgan fingerprint density at radius 3 is 2.79 bits per heavy atom. The molecule has 1 N–H and O–H groups in total. The number of phenols is 1. The minimum Gasteiger partial charge on any atom is -0.507 e. The topological polar surface area (TPSA) is 49.7 Å². The maximum atomic E-state index is 11.7. The Bertz CT molecular complexity index is 560. The summed E-state index contributed by atoms with van der Waals surface area (Å²) < 4.78 is 1.01. The molecule has 1 aromatic carbocycles. The third kappa shape index (κ3) is 4.31. The third-order valence-electron chi connectivity index (χ3n) is 2.61. The highest BCUT2D eigenvalue weighted by Crippen LogP contribution is 2.23. The number of aromatic hydroxyl groups is 1. The molecule has 0 aliphatic carbocycles. The zero-order chi connectivity index (χ0) is 14.4. The third-order valence-corrected chi connectivity index (χ3v) is 3.24. The molecule has 0 fully saturated rings. The molecule has 0 amide bonds. The predicted octanol–water partition coefficient (Wildman–Crippen LogP) is 3.43. The van der Waals surface area contributed by atoms with Crippen molar-refractivity contribution in [1.82, 2.24) is 0 Å². The van der Waals surface area contributed by atoms with Crippen molar-refractivity contribution in [3.63, 3.8) is 0 Å². The molecule has 0 aliphatic heterocycles. The van der Waals surface area contributed by atoms with Crippen molar-refractivity contribution in [2.75, 3.05) is 6.54 Å². The number of rotatable bonds is 5. The van der Waals surface area contributed by atoms with E-state index in [1.807, 2.05) is 19.1 Å². The van der Waals surface area contributed by atoms with E-state index in [0.717, 1.165) is 9.13 Å². The molecule has 19 heavy (non-hydrogen) atoms. The first kappa shape index (κ1) is 15.6. The molecule has 0 atom stereocenters. The highest BCUT2D eigenvalue weighted by atomic mass is 127. The van der Waals surface area contributed by atoms with Gasteiger partial charge in [0, 0.05) is 20.9 Å². The molecular formula is C15H16INO2. The molecule has 3 nitrogen and oxygen atoms in total. The van der Waals surface area contributed by atoms with E-state index < -0.39 is 0 Å². The average molecular weight is 369 g/mol. The van der Waals surface area contributed by atoms with E-state index in [0.29, 0.717) is 11.1 Å². The molecule has 1 rings (SSSR count). The first-order valence-electron chi connectivity index (χ1n) is 5.80. The summed E-state index contributed by atoms with van der Waals surface area (Å²) in [5.41, 5.74) is 1.97. The molecule has 0 bridgehead atoms. The van der Waals surface area contributed by atoms with Gasteiger partial charge in [-0.15, -0.1) is 0 Å². The van der Waals surface area contributed by atoms with Crippen LogP contribution in [0.25, 0.3) is 0 Å². The van der Waals surface area contributed by atoms with Gasteiger partial charge in [0.15, 0.2) is 5.78 Å². The van der Waals surface area contributed by atoms with Gasteiger partial charge in [0.25, 0.3) is 0 Å². The molecule has 4 heteroatoms. The zero-order valence-electron chi connectivity index (χ0n) is 11.0. The fourth-order valence-corrected chi connectivity index (χ4v) is 2.37. The highest BCUT2D eigenvalue weighted by Gasteiger charge is 2.05. The number of ketones is 1. The number of aryl methyl sites for hydroxylation is 1. The highest BCUT2D eigenvalue weighted by molar-refractivity contribution is 14.1. The second kappa shape index (κ2) is 7.23. The molecule has 0 radical (unpaired) electrons. The van der Waals surface area contributed by atoms with Gasteiger partial charge in [-0.1, -0.05) is 18.7 Å².